The molecule has 0 spiro atoms. The van der Waals surface area contributed by atoms with Crippen LogP contribution in [0.1, 0.15) is 12.7 Å². The highest BCUT2D eigenvalue weighted by Gasteiger charge is 2.21. The van der Waals surface area contributed by atoms with Gasteiger partial charge in [-0.15, -0.1) is 0 Å². The van der Waals surface area contributed by atoms with Crippen molar-refractivity contribution in [1.29, 1.82) is 0 Å². The van der Waals surface area contributed by atoms with Gasteiger partial charge in [0.15, 0.2) is 0 Å². The van der Waals surface area contributed by atoms with Crippen molar-refractivity contribution in [1.82, 2.24) is 9.71 Å². The average molecular weight is 301 g/mol. The SMILES string of the molecule is CC(Cc1ccco1)NS(=O)(=O)c1cccnc1Cl. The molecule has 0 saturated heterocycles. The summed E-state index contributed by atoms with van der Waals surface area (Å²) in [7, 11) is -3.68. The van der Waals surface area contributed by atoms with Crippen molar-refractivity contribution >= 4 is 21.6 Å². The van der Waals surface area contributed by atoms with Crippen LogP contribution in [0.25, 0.3) is 0 Å². The number of nitrogens with one attached hydrogen (secondary N) is 1. The molecule has 1 atom stereocenters. The van der Waals surface area contributed by atoms with Gasteiger partial charge in [-0.2, -0.15) is 0 Å². The Labute approximate surface area is 116 Å². The topological polar surface area (TPSA) is 72.2 Å². The van der Waals surface area contributed by atoms with Crippen molar-refractivity contribution in [3.8, 4) is 0 Å². The standard InChI is InChI=1S/C12H13ClN2O3S/c1-9(8-10-4-3-7-18-10)15-19(16,17)11-5-2-6-14-12(11)13/h2-7,9,15H,8H2,1H3. The lowest BCUT2D eigenvalue weighted by Gasteiger charge is -2.13. The third kappa shape index (κ3) is 3.56. The molecule has 0 fully saturated rings. The van der Waals surface area contributed by atoms with E-state index >= 15 is 0 Å². The van der Waals surface area contributed by atoms with Gasteiger partial charge in [0.05, 0.1) is 6.26 Å². The molecule has 0 aliphatic carbocycles. The third-order valence-electron chi connectivity index (χ3n) is 2.46. The van der Waals surface area contributed by atoms with E-state index in [1.54, 1.807) is 25.3 Å². The molecule has 2 rings (SSSR count). The largest absolute Gasteiger partial charge is 0.469 e. The van der Waals surface area contributed by atoms with Crippen LogP contribution in [-0.4, -0.2) is 19.4 Å². The van der Waals surface area contributed by atoms with Gasteiger partial charge in [-0.25, -0.2) is 18.1 Å². The van der Waals surface area contributed by atoms with E-state index in [0.717, 1.165) is 0 Å². The molecular weight excluding hydrogens is 288 g/mol. The summed E-state index contributed by atoms with van der Waals surface area (Å²) in [6.07, 6.45) is 3.45. The molecule has 0 aliphatic rings. The van der Waals surface area contributed by atoms with Crippen LogP contribution in [0.3, 0.4) is 0 Å². The first-order valence-electron chi connectivity index (χ1n) is 5.64. The van der Waals surface area contributed by atoms with Crippen LogP contribution in [-0.2, 0) is 16.4 Å². The number of nitrogens with zero attached hydrogens (tertiary/aromatic N) is 1. The Morgan fingerprint density at radius 2 is 2.21 bits per heavy atom. The van der Waals surface area contributed by atoms with E-state index in [4.69, 9.17) is 16.0 Å². The van der Waals surface area contributed by atoms with Crippen molar-refractivity contribution in [2.75, 3.05) is 0 Å². The van der Waals surface area contributed by atoms with Crippen LogP contribution in [0.15, 0.2) is 46.0 Å². The summed E-state index contributed by atoms with van der Waals surface area (Å²) >= 11 is 5.79. The number of hydrogen-bond acceptors (Lipinski definition) is 4. The van der Waals surface area contributed by atoms with Crippen LogP contribution in [0.5, 0.6) is 0 Å². The predicted molar refractivity (Wildman–Crippen MR) is 71.4 cm³/mol. The lowest BCUT2D eigenvalue weighted by Crippen LogP contribution is -2.34. The lowest BCUT2D eigenvalue weighted by atomic mass is 10.2. The third-order valence-corrected chi connectivity index (χ3v) is 4.49. The van der Waals surface area contributed by atoms with E-state index in [-0.39, 0.29) is 16.1 Å². The zero-order valence-electron chi connectivity index (χ0n) is 10.2. The number of rotatable bonds is 5. The monoisotopic (exact) mass is 300 g/mol. The van der Waals surface area contributed by atoms with Gasteiger partial charge in [0.25, 0.3) is 0 Å². The second-order valence-corrected chi connectivity index (χ2v) is 6.14. The second kappa shape index (κ2) is 5.73. The van der Waals surface area contributed by atoms with Gasteiger partial charge in [-0.1, -0.05) is 11.6 Å². The summed E-state index contributed by atoms with van der Waals surface area (Å²) in [5, 5.41) is -0.0415. The summed E-state index contributed by atoms with van der Waals surface area (Å²) in [6, 6.07) is 6.18. The molecule has 7 heteroatoms. The van der Waals surface area contributed by atoms with E-state index < -0.39 is 10.0 Å². The molecule has 5 nitrogen and oxygen atoms in total. The minimum atomic E-state index is -3.68. The molecule has 1 N–H and O–H groups in total. The molecule has 2 aromatic rings. The predicted octanol–water partition coefficient (Wildman–Crippen LogP) is 2.24. The first-order valence-corrected chi connectivity index (χ1v) is 7.50. The van der Waals surface area contributed by atoms with Crippen molar-refractivity contribution in [3.05, 3.63) is 47.6 Å². The molecule has 0 saturated carbocycles. The first kappa shape index (κ1) is 14.0. The van der Waals surface area contributed by atoms with E-state index in [1.807, 2.05) is 0 Å². The molecule has 2 heterocycles. The lowest BCUT2D eigenvalue weighted by molar-refractivity contribution is 0.479. The molecule has 0 radical (unpaired) electrons. The average Bonchev–Trinajstić information content (AvgIpc) is 2.81. The molecule has 1 unspecified atom stereocenters. The summed E-state index contributed by atoms with van der Waals surface area (Å²) in [5.74, 6) is 0.715. The molecule has 0 aliphatic heterocycles. The van der Waals surface area contributed by atoms with E-state index in [2.05, 4.69) is 9.71 Å². The molecule has 0 aromatic carbocycles. The smallest absolute Gasteiger partial charge is 0.243 e. The van der Waals surface area contributed by atoms with Gasteiger partial charge in [0.2, 0.25) is 10.0 Å². The number of furan rings is 1. The van der Waals surface area contributed by atoms with Crippen molar-refractivity contribution in [2.45, 2.75) is 24.3 Å². The minimum Gasteiger partial charge on any atom is -0.469 e. The fourth-order valence-electron chi connectivity index (χ4n) is 1.67. The molecular formula is C12H13ClN2O3S. The van der Waals surface area contributed by atoms with Crippen molar-refractivity contribution in [2.24, 2.45) is 0 Å². The number of halogens is 1. The van der Waals surface area contributed by atoms with E-state index in [0.29, 0.717) is 12.2 Å². The highest BCUT2D eigenvalue weighted by atomic mass is 35.5. The minimum absolute atomic E-state index is 0.0250. The summed E-state index contributed by atoms with van der Waals surface area (Å²) < 4.78 is 32.0. The molecule has 19 heavy (non-hydrogen) atoms. The highest BCUT2D eigenvalue weighted by molar-refractivity contribution is 7.89. The fourth-order valence-corrected chi connectivity index (χ4v) is 3.37. The van der Waals surface area contributed by atoms with Gasteiger partial charge in [-0.05, 0) is 31.2 Å². The van der Waals surface area contributed by atoms with Crippen molar-refractivity contribution in [3.63, 3.8) is 0 Å². The number of aromatic nitrogens is 1. The maximum atomic E-state index is 12.1. The fraction of sp³-hybridized carbons (Fsp3) is 0.250. The molecule has 0 amide bonds. The van der Waals surface area contributed by atoms with Gasteiger partial charge < -0.3 is 4.42 Å². The van der Waals surface area contributed by atoms with Crippen LogP contribution in [0.4, 0.5) is 0 Å². The summed E-state index contributed by atoms with van der Waals surface area (Å²) in [6.45, 7) is 1.75. The van der Waals surface area contributed by atoms with Crippen LogP contribution >= 0.6 is 11.6 Å². The summed E-state index contributed by atoms with van der Waals surface area (Å²) in [4.78, 5) is 3.73. The van der Waals surface area contributed by atoms with Gasteiger partial charge in [0.1, 0.15) is 15.8 Å². The Kier molecular flexibility index (Phi) is 4.24. The maximum Gasteiger partial charge on any atom is 0.243 e. The normalized spacial score (nSPS) is 13.4. The Hall–Kier alpha value is -1.37. The Morgan fingerprint density at radius 3 is 2.84 bits per heavy atom. The second-order valence-electron chi connectivity index (χ2n) is 4.10. The van der Waals surface area contributed by atoms with Gasteiger partial charge >= 0.3 is 0 Å². The highest BCUT2D eigenvalue weighted by Crippen LogP contribution is 2.18. The molecule has 0 bridgehead atoms. The Bertz CT molecular complexity index is 641. The first-order chi connectivity index (χ1) is 8.99. The van der Waals surface area contributed by atoms with Crippen LogP contribution < -0.4 is 4.72 Å². The van der Waals surface area contributed by atoms with Crippen LogP contribution in [0, 0.1) is 0 Å². The van der Waals surface area contributed by atoms with Gasteiger partial charge in [-0.3, -0.25) is 0 Å². The van der Waals surface area contributed by atoms with Crippen LogP contribution in [0.2, 0.25) is 5.15 Å². The van der Waals surface area contributed by atoms with E-state index in [9.17, 15) is 8.42 Å². The summed E-state index contributed by atoms with van der Waals surface area (Å²) in [5.41, 5.74) is 0. The maximum absolute atomic E-state index is 12.1. The number of pyridine rings is 1. The quantitative estimate of drug-likeness (QED) is 0.860. The molecule has 102 valence electrons. The number of hydrogen-bond donors (Lipinski definition) is 1. The van der Waals surface area contributed by atoms with E-state index in [1.165, 1.54) is 18.3 Å². The zero-order chi connectivity index (χ0) is 13.9. The van der Waals surface area contributed by atoms with Crippen molar-refractivity contribution < 1.29 is 12.8 Å². The zero-order valence-corrected chi connectivity index (χ0v) is 11.8. The van der Waals surface area contributed by atoms with Gasteiger partial charge in [0, 0.05) is 18.7 Å². The Balaban J connectivity index is 2.11. The Morgan fingerprint density at radius 1 is 1.42 bits per heavy atom. The number of sulfonamides is 1. The molecule has 2 aromatic heterocycles.